The smallest absolute Gasteiger partial charge is 0.346 e. The molecule has 5 aromatic rings. The highest BCUT2D eigenvalue weighted by molar-refractivity contribution is 7.58. The molecular formula is C26H18BN6O2P. The molecular weight excluding hydrogens is 470 g/mol. The van der Waals surface area contributed by atoms with Crippen LogP contribution in [-0.4, -0.2) is 41.1 Å². The first-order chi connectivity index (χ1) is 17.5. The Morgan fingerprint density at radius 1 is 0.639 bits per heavy atom. The van der Waals surface area contributed by atoms with E-state index in [0.29, 0.717) is 34.3 Å². The fourth-order valence-corrected chi connectivity index (χ4v) is 5.99. The number of amidine groups is 2. The van der Waals surface area contributed by atoms with Gasteiger partial charge in [0.2, 0.25) is 0 Å². The van der Waals surface area contributed by atoms with Gasteiger partial charge in [0.15, 0.2) is 19.0 Å². The zero-order valence-electron chi connectivity index (χ0n) is 19.5. The number of aliphatic imine (C=N–C) groups is 2. The zero-order valence-corrected chi connectivity index (χ0v) is 20.3. The predicted molar refractivity (Wildman–Crippen MR) is 142 cm³/mol. The van der Waals surface area contributed by atoms with E-state index in [1.54, 1.807) is 13.3 Å². The molecule has 8 rings (SSSR count). The van der Waals surface area contributed by atoms with E-state index in [2.05, 4.69) is 0 Å². The number of hydrogen-bond donors (Lipinski definition) is 0. The van der Waals surface area contributed by atoms with E-state index < -0.39 is 14.6 Å². The molecule has 2 aromatic heterocycles. The molecule has 8 nitrogen and oxygen atoms in total. The van der Waals surface area contributed by atoms with E-state index in [9.17, 15) is 4.57 Å². The molecule has 0 saturated carbocycles. The molecule has 10 heteroatoms. The summed E-state index contributed by atoms with van der Waals surface area (Å²) in [6, 6.07) is 24.1. The molecule has 0 radical (unpaired) electrons. The van der Waals surface area contributed by atoms with Crippen LogP contribution in [0.3, 0.4) is 0 Å². The van der Waals surface area contributed by atoms with Gasteiger partial charge in [0.05, 0.1) is 0 Å². The molecule has 0 aliphatic carbocycles. The first-order valence-corrected chi connectivity index (χ1v) is 14.2. The van der Waals surface area contributed by atoms with Crippen LogP contribution >= 0.6 is 7.37 Å². The van der Waals surface area contributed by atoms with Crippen molar-refractivity contribution in [3.63, 3.8) is 0 Å². The lowest BCUT2D eigenvalue weighted by atomic mass is 10.00. The van der Waals surface area contributed by atoms with Gasteiger partial charge in [-0.25, -0.2) is 20.0 Å². The standard InChI is InChI=1S/C26H18BN6O2P/c1-36(2,34)35-27-32-23-17-11-5-7-13-19(17)25(32)31-26-20-14-8-6-12-18(20)24(33(26)27)30-22-16-10-4-3-9-15(16)21(28-22)29-23/h3-14H,1-2H3/b29-21-,29-23?,30-22?,30-24-. The van der Waals surface area contributed by atoms with Crippen molar-refractivity contribution in [2.75, 3.05) is 13.3 Å². The van der Waals surface area contributed by atoms with E-state index in [-0.39, 0.29) is 0 Å². The van der Waals surface area contributed by atoms with Crippen LogP contribution in [0.2, 0.25) is 0 Å². The minimum absolute atomic E-state index is 0.584. The van der Waals surface area contributed by atoms with Gasteiger partial charge in [0.1, 0.15) is 22.6 Å². The fraction of sp³-hybridized carbons (Fsp3) is 0.0769. The first-order valence-electron chi connectivity index (χ1n) is 11.7. The lowest BCUT2D eigenvalue weighted by molar-refractivity contribution is 0.483. The largest absolute Gasteiger partial charge is 0.568 e. The van der Waals surface area contributed by atoms with Crippen LogP contribution in [0.1, 0.15) is 11.1 Å². The predicted octanol–water partition coefficient (Wildman–Crippen LogP) is 4.27. The van der Waals surface area contributed by atoms with Crippen LogP contribution < -0.4 is 11.0 Å². The number of rotatable bonds is 2. The lowest BCUT2D eigenvalue weighted by Gasteiger charge is -2.24. The summed E-state index contributed by atoms with van der Waals surface area (Å²) >= 11 is 0. The van der Waals surface area contributed by atoms with Gasteiger partial charge in [-0.3, -0.25) is 4.57 Å². The number of nitrogens with zero attached hydrogens (tertiary/aromatic N) is 6. The van der Waals surface area contributed by atoms with Crippen LogP contribution in [0.15, 0.2) is 92.8 Å². The van der Waals surface area contributed by atoms with Crippen molar-refractivity contribution < 1.29 is 9.01 Å². The van der Waals surface area contributed by atoms with Gasteiger partial charge in [-0.1, -0.05) is 72.8 Å². The molecule has 0 unspecified atom stereocenters. The van der Waals surface area contributed by atoms with Gasteiger partial charge in [-0.15, -0.1) is 0 Å². The quantitative estimate of drug-likeness (QED) is 0.275. The Balaban J connectivity index is 1.66. The van der Waals surface area contributed by atoms with E-state index in [1.165, 1.54) is 0 Å². The van der Waals surface area contributed by atoms with Gasteiger partial charge >= 0.3 is 7.19 Å². The van der Waals surface area contributed by atoms with Gasteiger partial charge in [0, 0.05) is 46.0 Å². The average molecular weight is 488 g/mol. The summed E-state index contributed by atoms with van der Waals surface area (Å²) in [4.78, 5) is 20.2. The van der Waals surface area contributed by atoms with Gasteiger partial charge < -0.3 is 13.4 Å². The third-order valence-electron chi connectivity index (χ3n) is 6.78. The Morgan fingerprint density at radius 3 is 1.75 bits per heavy atom. The van der Waals surface area contributed by atoms with Crippen molar-refractivity contribution >= 4 is 59.4 Å². The summed E-state index contributed by atoms with van der Waals surface area (Å²) in [6.45, 7) is 3.25. The molecule has 0 N–H and O–H groups in total. The maximum atomic E-state index is 13.2. The third kappa shape index (κ3) is 2.61. The highest BCUT2D eigenvalue weighted by Gasteiger charge is 2.40. The number of fused-ring (bicyclic) bond motifs is 10. The van der Waals surface area contributed by atoms with E-state index in [1.807, 2.05) is 81.8 Å². The Morgan fingerprint density at radius 2 is 1.14 bits per heavy atom. The maximum absolute atomic E-state index is 13.2. The van der Waals surface area contributed by atoms with E-state index in [4.69, 9.17) is 24.4 Å². The number of aromatic nitrogens is 2. The molecule has 3 aromatic carbocycles. The van der Waals surface area contributed by atoms with Crippen molar-refractivity contribution in [1.82, 2.24) is 8.96 Å². The summed E-state index contributed by atoms with van der Waals surface area (Å²) < 4.78 is 23.4. The number of benzene rings is 3. The molecule has 5 heterocycles. The maximum Gasteiger partial charge on any atom is 0.568 e. The second-order valence-electron chi connectivity index (χ2n) is 9.45. The summed E-state index contributed by atoms with van der Waals surface area (Å²) in [5, 5.41) is 3.73. The monoisotopic (exact) mass is 488 g/mol. The fourth-order valence-electron chi connectivity index (χ4n) is 5.34. The van der Waals surface area contributed by atoms with Crippen molar-refractivity contribution in [2.45, 2.75) is 0 Å². The molecule has 0 amide bonds. The average Bonchev–Trinajstić information content (AvgIpc) is 3.49. The van der Waals surface area contributed by atoms with Crippen molar-refractivity contribution in [3.8, 4) is 0 Å². The first kappa shape index (κ1) is 20.2. The van der Waals surface area contributed by atoms with Crippen molar-refractivity contribution in [3.05, 3.63) is 94.9 Å². The van der Waals surface area contributed by atoms with Crippen LogP contribution in [0, 0.1) is 0 Å². The highest BCUT2D eigenvalue weighted by atomic mass is 31.2. The van der Waals surface area contributed by atoms with Crippen LogP contribution in [0.4, 0.5) is 11.6 Å². The third-order valence-corrected chi connectivity index (χ3v) is 7.47. The van der Waals surface area contributed by atoms with Crippen molar-refractivity contribution in [2.24, 2.45) is 20.0 Å². The minimum atomic E-state index is -2.96. The van der Waals surface area contributed by atoms with E-state index in [0.717, 1.165) is 32.7 Å². The number of hydrogen-bond acceptors (Lipinski definition) is 6. The topological polar surface area (TPSA) is 85.6 Å². The Kier molecular flexibility index (Phi) is 3.80. The Bertz CT molecular complexity index is 2050. The molecule has 0 spiro atoms. The molecule has 3 aliphatic heterocycles. The molecule has 4 bridgehead atoms. The highest BCUT2D eigenvalue weighted by Crippen LogP contribution is 2.44. The Labute approximate surface area is 205 Å². The van der Waals surface area contributed by atoms with E-state index >= 15 is 0 Å². The summed E-state index contributed by atoms with van der Waals surface area (Å²) in [5.74, 6) is 2.54. The summed E-state index contributed by atoms with van der Waals surface area (Å²) in [6.07, 6.45) is 0. The molecule has 172 valence electrons. The SMILES string of the molecule is CP(C)(=O)OB1n2c3c4ccccc4c2/N=C2N=C(/N=c4/c5ccccc5c(n41)=N3)c1ccccc1\2. The Hall–Kier alpha value is -4.07. The molecule has 0 atom stereocenters. The lowest BCUT2D eigenvalue weighted by Crippen LogP contribution is -2.49. The van der Waals surface area contributed by atoms with Crippen molar-refractivity contribution in [1.29, 1.82) is 0 Å². The van der Waals surface area contributed by atoms with Gasteiger partial charge in [-0.05, 0) is 0 Å². The molecule has 0 fully saturated rings. The molecule has 0 saturated heterocycles. The van der Waals surface area contributed by atoms with Crippen LogP contribution in [0.25, 0.3) is 21.5 Å². The summed E-state index contributed by atoms with van der Waals surface area (Å²) in [5.41, 5.74) is 3.21. The normalized spacial score (nSPS) is 17.7. The zero-order chi connectivity index (χ0) is 24.2. The summed E-state index contributed by atoms with van der Waals surface area (Å²) in [7, 11) is -3.74. The van der Waals surface area contributed by atoms with Gasteiger partial charge in [-0.2, -0.15) is 0 Å². The minimum Gasteiger partial charge on any atom is -0.346 e. The second kappa shape index (κ2) is 6.78. The second-order valence-corrected chi connectivity index (χ2v) is 12.2. The van der Waals surface area contributed by atoms with Gasteiger partial charge in [0.25, 0.3) is 0 Å². The van der Waals surface area contributed by atoms with Crippen LogP contribution in [-0.2, 0) is 9.01 Å². The van der Waals surface area contributed by atoms with Crippen LogP contribution in [0.5, 0.6) is 0 Å². The molecule has 36 heavy (non-hydrogen) atoms. The molecule has 3 aliphatic rings.